The summed E-state index contributed by atoms with van der Waals surface area (Å²) in [5.74, 6) is -0.315. The fourth-order valence-corrected chi connectivity index (χ4v) is 4.82. The van der Waals surface area contributed by atoms with E-state index in [2.05, 4.69) is 9.71 Å². The van der Waals surface area contributed by atoms with Crippen LogP contribution in [0.4, 0.5) is 0 Å². The molecule has 0 fully saturated rings. The molecule has 0 amide bonds. The Balaban J connectivity index is 2.75. The van der Waals surface area contributed by atoms with Crippen LogP contribution in [0.15, 0.2) is 4.21 Å². The predicted octanol–water partition coefficient (Wildman–Crippen LogP) is 0.275. The van der Waals surface area contributed by atoms with Gasteiger partial charge in [-0.2, -0.15) is 0 Å². The number of hydrogen-bond acceptors (Lipinski definition) is 6. The molecule has 0 saturated heterocycles. The molecule has 0 aliphatic carbocycles. The Morgan fingerprint density at radius 2 is 1.89 bits per heavy atom. The molecule has 0 aliphatic heterocycles. The van der Waals surface area contributed by atoms with Crippen LogP contribution in [-0.2, 0) is 20.0 Å². The highest BCUT2D eigenvalue weighted by Gasteiger charge is 2.22. The molecule has 0 aliphatic rings. The summed E-state index contributed by atoms with van der Waals surface area (Å²) in [4.78, 5) is 3.80. The van der Waals surface area contributed by atoms with Crippen molar-refractivity contribution in [1.82, 2.24) is 14.0 Å². The molecule has 0 unspecified atom stereocenters. The lowest BCUT2D eigenvalue weighted by Gasteiger charge is -2.11. The SMILES string of the molecule is Cc1nc(Cl)sc1S(=O)(=O)NCCS(=O)(=O)N(C)C. The van der Waals surface area contributed by atoms with Gasteiger partial charge in [0.05, 0.1) is 11.4 Å². The number of aryl methyl sites for hydroxylation is 1. The van der Waals surface area contributed by atoms with Crippen molar-refractivity contribution in [2.24, 2.45) is 0 Å². The van der Waals surface area contributed by atoms with Crippen LogP contribution in [0.3, 0.4) is 0 Å². The lowest BCUT2D eigenvalue weighted by molar-refractivity contribution is 0.519. The number of rotatable bonds is 6. The van der Waals surface area contributed by atoms with E-state index in [0.29, 0.717) is 0 Å². The second kappa shape index (κ2) is 6.02. The maximum absolute atomic E-state index is 11.9. The number of sulfonamides is 2. The van der Waals surface area contributed by atoms with Crippen molar-refractivity contribution in [2.45, 2.75) is 11.1 Å². The molecule has 110 valence electrons. The highest BCUT2D eigenvalue weighted by atomic mass is 35.5. The molecule has 1 rings (SSSR count). The van der Waals surface area contributed by atoms with Gasteiger partial charge in [-0.15, -0.1) is 0 Å². The molecule has 11 heteroatoms. The number of nitrogens with zero attached hydrogens (tertiary/aromatic N) is 2. The Labute approximate surface area is 121 Å². The molecular formula is C8H14ClN3O4S3. The predicted molar refractivity (Wildman–Crippen MR) is 74.5 cm³/mol. The quantitative estimate of drug-likeness (QED) is 0.797. The maximum atomic E-state index is 11.9. The summed E-state index contributed by atoms with van der Waals surface area (Å²) in [6, 6.07) is 0. The van der Waals surface area contributed by atoms with Crippen LogP contribution >= 0.6 is 22.9 Å². The largest absolute Gasteiger partial charge is 0.252 e. The third-order valence-electron chi connectivity index (χ3n) is 2.18. The zero-order valence-corrected chi connectivity index (χ0v) is 13.7. The van der Waals surface area contributed by atoms with Gasteiger partial charge >= 0.3 is 0 Å². The Hall–Kier alpha value is -0.260. The Morgan fingerprint density at radius 1 is 1.32 bits per heavy atom. The molecule has 0 bridgehead atoms. The monoisotopic (exact) mass is 347 g/mol. The Kier molecular flexibility index (Phi) is 5.32. The summed E-state index contributed by atoms with van der Waals surface area (Å²) in [6.45, 7) is 1.31. The number of hydrogen-bond donors (Lipinski definition) is 1. The van der Waals surface area contributed by atoms with Gasteiger partial charge in [0.25, 0.3) is 10.0 Å². The first-order valence-electron chi connectivity index (χ1n) is 5.09. The second-order valence-corrected chi connectivity index (χ2v) is 9.68. The van der Waals surface area contributed by atoms with E-state index in [1.54, 1.807) is 0 Å². The summed E-state index contributed by atoms with van der Waals surface area (Å²) in [6.07, 6.45) is 0. The average molecular weight is 348 g/mol. The van der Waals surface area contributed by atoms with Gasteiger partial charge in [-0.3, -0.25) is 0 Å². The van der Waals surface area contributed by atoms with E-state index in [0.717, 1.165) is 15.6 Å². The minimum Gasteiger partial charge on any atom is -0.229 e. The topological polar surface area (TPSA) is 96.4 Å². The Bertz CT molecular complexity index is 651. The van der Waals surface area contributed by atoms with Gasteiger partial charge in [0, 0.05) is 20.6 Å². The van der Waals surface area contributed by atoms with E-state index in [4.69, 9.17) is 11.6 Å². The fraction of sp³-hybridized carbons (Fsp3) is 0.625. The molecule has 0 aromatic carbocycles. The summed E-state index contributed by atoms with van der Waals surface area (Å²) in [7, 11) is -4.45. The van der Waals surface area contributed by atoms with Crippen LogP contribution in [0.1, 0.15) is 5.69 Å². The number of nitrogens with one attached hydrogen (secondary N) is 1. The van der Waals surface area contributed by atoms with E-state index in [-0.39, 0.29) is 26.7 Å². The van der Waals surface area contributed by atoms with E-state index < -0.39 is 20.0 Å². The number of halogens is 1. The molecule has 1 heterocycles. The van der Waals surface area contributed by atoms with Gasteiger partial charge in [0.1, 0.15) is 0 Å². The summed E-state index contributed by atoms with van der Waals surface area (Å²) >= 11 is 6.46. The standard InChI is InChI=1S/C8H14ClN3O4S3/c1-6-7(17-8(9)11-6)19(15,16)10-4-5-18(13,14)12(2)3/h10H,4-5H2,1-3H3. The van der Waals surface area contributed by atoms with Crippen LogP contribution in [0.25, 0.3) is 0 Å². The van der Waals surface area contributed by atoms with Gasteiger partial charge in [0.15, 0.2) is 8.68 Å². The van der Waals surface area contributed by atoms with E-state index in [9.17, 15) is 16.8 Å². The first-order valence-corrected chi connectivity index (χ1v) is 9.38. The van der Waals surface area contributed by atoms with Crippen LogP contribution in [0, 0.1) is 6.92 Å². The van der Waals surface area contributed by atoms with Gasteiger partial charge in [0.2, 0.25) is 10.0 Å². The van der Waals surface area contributed by atoms with E-state index >= 15 is 0 Å². The van der Waals surface area contributed by atoms with Crippen molar-refractivity contribution in [2.75, 3.05) is 26.4 Å². The van der Waals surface area contributed by atoms with Crippen molar-refractivity contribution in [3.05, 3.63) is 10.2 Å². The average Bonchev–Trinajstić information content (AvgIpc) is 2.57. The van der Waals surface area contributed by atoms with Crippen molar-refractivity contribution < 1.29 is 16.8 Å². The highest BCUT2D eigenvalue weighted by Crippen LogP contribution is 2.26. The summed E-state index contributed by atoms with van der Waals surface area (Å²) < 4.78 is 50.2. The first-order chi connectivity index (χ1) is 8.56. The third kappa shape index (κ3) is 4.36. The smallest absolute Gasteiger partial charge is 0.229 e. The maximum Gasteiger partial charge on any atom is 0.252 e. The first kappa shape index (κ1) is 16.8. The molecule has 0 atom stereocenters. The zero-order chi connectivity index (χ0) is 14.8. The second-order valence-electron chi connectivity index (χ2n) is 3.84. The molecule has 0 saturated carbocycles. The van der Waals surface area contributed by atoms with Crippen molar-refractivity contribution >= 4 is 43.0 Å². The summed E-state index contributed by atoms with van der Waals surface area (Å²) in [5.41, 5.74) is 0.290. The summed E-state index contributed by atoms with van der Waals surface area (Å²) in [5, 5.41) is 0. The molecular weight excluding hydrogens is 334 g/mol. The van der Waals surface area contributed by atoms with E-state index in [1.165, 1.54) is 21.0 Å². The molecule has 7 nitrogen and oxygen atoms in total. The molecule has 0 radical (unpaired) electrons. The minimum atomic E-state index is -3.78. The Morgan fingerprint density at radius 3 is 2.32 bits per heavy atom. The van der Waals surface area contributed by atoms with Crippen molar-refractivity contribution in [1.29, 1.82) is 0 Å². The minimum absolute atomic E-state index is 0.000231. The zero-order valence-electron chi connectivity index (χ0n) is 10.5. The van der Waals surface area contributed by atoms with Gasteiger partial charge in [-0.05, 0) is 6.92 Å². The molecule has 1 aromatic heterocycles. The van der Waals surface area contributed by atoms with Crippen LogP contribution in [-0.4, -0.2) is 52.5 Å². The molecule has 0 spiro atoms. The van der Waals surface area contributed by atoms with Gasteiger partial charge in [-0.1, -0.05) is 22.9 Å². The molecule has 1 N–H and O–H groups in total. The normalized spacial score (nSPS) is 13.1. The lowest BCUT2D eigenvalue weighted by Crippen LogP contribution is -2.33. The third-order valence-corrected chi connectivity index (χ3v) is 7.35. The fourth-order valence-electron chi connectivity index (χ4n) is 1.15. The van der Waals surface area contributed by atoms with Crippen molar-refractivity contribution in [3.63, 3.8) is 0 Å². The van der Waals surface area contributed by atoms with E-state index in [1.807, 2.05) is 0 Å². The van der Waals surface area contributed by atoms with Gasteiger partial charge < -0.3 is 0 Å². The van der Waals surface area contributed by atoms with Crippen LogP contribution < -0.4 is 4.72 Å². The molecule has 19 heavy (non-hydrogen) atoms. The van der Waals surface area contributed by atoms with Gasteiger partial charge in [-0.25, -0.2) is 30.8 Å². The molecule has 1 aromatic rings. The van der Waals surface area contributed by atoms with Crippen molar-refractivity contribution in [3.8, 4) is 0 Å². The number of aromatic nitrogens is 1. The number of thiazole rings is 1. The highest BCUT2D eigenvalue weighted by molar-refractivity contribution is 7.92. The van der Waals surface area contributed by atoms with Crippen LogP contribution in [0.5, 0.6) is 0 Å². The van der Waals surface area contributed by atoms with Crippen LogP contribution in [0.2, 0.25) is 4.47 Å². The lowest BCUT2D eigenvalue weighted by atomic mass is 10.6.